The third-order valence-electron chi connectivity index (χ3n) is 5.02. The summed E-state index contributed by atoms with van der Waals surface area (Å²) < 4.78 is 5.13. The highest BCUT2D eigenvalue weighted by molar-refractivity contribution is 7.17. The molecule has 1 aromatic heterocycles. The molecule has 1 atom stereocenters. The zero-order valence-electron chi connectivity index (χ0n) is 18.9. The van der Waals surface area contributed by atoms with Crippen LogP contribution in [-0.2, 0) is 21.7 Å². The number of nitrogens with two attached hydrogens (primary N) is 1. The van der Waals surface area contributed by atoms with E-state index in [1.54, 1.807) is 30.3 Å². The summed E-state index contributed by atoms with van der Waals surface area (Å²) in [4.78, 5) is 15.9. The van der Waals surface area contributed by atoms with E-state index in [1.165, 1.54) is 31.4 Å². The van der Waals surface area contributed by atoms with Crippen LogP contribution in [0.3, 0.4) is 0 Å². The molecule has 13 nitrogen and oxygen atoms in total. The summed E-state index contributed by atoms with van der Waals surface area (Å²) in [6.45, 7) is 0. The van der Waals surface area contributed by atoms with Gasteiger partial charge in [0.1, 0.15) is 0 Å². The van der Waals surface area contributed by atoms with E-state index in [-0.39, 0.29) is 10.8 Å². The highest BCUT2D eigenvalue weighted by Gasteiger charge is 2.43. The van der Waals surface area contributed by atoms with E-state index in [1.807, 2.05) is 5.32 Å². The fourth-order valence-corrected chi connectivity index (χ4v) is 4.06. The van der Waals surface area contributed by atoms with E-state index in [2.05, 4.69) is 10.3 Å². The molecular weight excluding hydrogens is 496 g/mol. The first-order chi connectivity index (χ1) is 16.7. The topological polar surface area (TPSA) is 231 Å². The van der Waals surface area contributed by atoms with Crippen molar-refractivity contribution in [2.75, 3.05) is 18.2 Å². The maximum atomic E-state index is 12.3. The molecule has 0 spiro atoms. The van der Waals surface area contributed by atoms with Gasteiger partial charge in [-0.25, -0.2) is 10.3 Å². The first-order valence-electron chi connectivity index (χ1n) is 10.3. The van der Waals surface area contributed by atoms with E-state index in [0.717, 1.165) is 0 Å². The second kappa shape index (κ2) is 10.4. The standard InChI is InChI=1S/C22H26N4O9S/c1-35-16(13-5-3-2-4-6-13)22(33,34)26-20(29,30)11-12-7-9-14(10-8-12)24-18(28)21(31,32)15-17(27)36-19(23)25-15/h2-10,16,26-27,29-34H,11H2,1H3,(H2,23,25)(H,24,28). The molecule has 1 heterocycles. The minimum atomic E-state index is -3.17. The van der Waals surface area contributed by atoms with Crippen LogP contribution in [0.25, 0.3) is 0 Å². The van der Waals surface area contributed by atoms with E-state index in [4.69, 9.17) is 10.5 Å². The number of hydrogen-bond donors (Lipinski definition) is 10. The Bertz CT molecular complexity index is 1180. The number of nitrogen functional groups attached to an aromatic ring is 1. The first-order valence-corrected chi connectivity index (χ1v) is 11.1. The summed E-state index contributed by atoms with van der Waals surface area (Å²) in [5.74, 6) is -10.2. The van der Waals surface area contributed by atoms with Crippen molar-refractivity contribution in [3.05, 3.63) is 71.4 Å². The third-order valence-corrected chi connectivity index (χ3v) is 5.71. The number of anilines is 2. The van der Waals surface area contributed by atoms with Crippen LogP contribution in [0.15, 0.2) is 54.6 Å². The molecule has 14 heteroatoms. The molecule has 0 bridgehead atoms. The average Bonchev–Trinajstić information content (AvgIpc) is 3.13. The number of aromatic hydroxyl groups is 1. The van der Waals surface area contributed by atoms with Crippen molar-refractivity contribution < 1.29 is 45.3 Å². The van der Waals surface area contributed by atoms with Gasteiger partial charge < -0.3 is 51.5 Å². The number of nitrogens with one attached hydrogen (secondary N) is 2. The maximum Gasteiger partial charge on any atom is 0.294 e. The van der Waals surface area contributed by atoms with Crippen LogP contribution in [-0.4, -0.2) is 65.6 Å². The molecule has 0 saturated heterocycles. The van der Waals surface area contributed by atoms with Crippen molar-refractivity contribution in [3.8, 4) is 5.06 Å². The number of methoxy groups -OCH3 is 1. The predicted octanol–water partition coefficient (Wildman–Crippen LogP) is -0.996. The second-order valence-corrected chi connectivity index (χ2v) is 8.91. The van der Waals surface area contributed by atoms with Crippen LogP contribution in [0.2, 0.25) is 0 Å². The van der Waals surface area contributed by atoms with E-state index < -0.39 is 46.8 Å². The van der Waals surface area contributed by atoms with Crippen LogP contribution in [0.1, 0.15) is 22.9 Å². The minimum Gasteiger partial charge on any atom is -0.498 e. The number of amides is 1. The summed E-state index contributed by atoms with van der Waals surface area (Å²) in [6.07, 6.45) is -1.88. The fraction of sp³-hybridized carbons (Fsp3) is 0.273. The van der Waals surface area contributed by atoms with Crippen LogP contribution in [0.5, 0.6) is 5.06 Å². The molecule has 2 aromatic carbocycles. The number of carbonyl (C=O) groups excluding carboxylic acids is 1. The van der Waals surface area contributed by atoms with Gasteiger partial charge in [0.15, 0.2) is 16.9 Å². The fourth-order valence-electron chi connectivity index (χ4n) is 3.44. The smallest absolute Gasteiger partial charge is 0.294 e. The summed E-state index contributed by atoms with van der Waals surface area (Å²) in [5, 5.41) is 74.9. The van der Waals surface area contributed by atoms with Crippen molar-refractivity contribution >= 4 is 28.1 Å². The van der Waals surface area contributed by atoms with E-state index in [9.17, 15) is 40.5 Å². The zero-order chi connectivity index (χ0) is 26.7. The highest BCUT2D eigenvalue weighted by atomic mass is 32.1. The van der Waals surface area contributed by atoms with Crippen LogP contribution >= 0.6 is 11.3 Å². The summed E-state index contributed by atoms with van der Waals surface area (Å²) in [6, 6.07) is 13.5. The lowest BCUT2D eigenvalue weighted by atomic mass is 10.0. The molecule has 0 aliphatic heterocycles. The first kappa shape index (κ1) is 27.4. The number of thiazole rings is 1. The number of aromatic nitrogens is 1. The summed E-state index contributed by atoms with van der Waals surface area (Å²) in [5.41, 5.74) is 5.42. The van der Waals surface area contributed by atoms with Gasteiger partial charge in [-0.3, -0.25) is 4.79 Å². The average molecular weight is 523 g/mol. The predicted molar refractivity (Wildman–Crippen MR) is 127 cm³/mol. The molecule has 1 amide bonds. The summed E-state index contributed by atoms with van der Waals surface area (Å²) in [7, 11) is 1.22. The highest BCUT2D eigenvalue weighted by Crippen LogP contribution is 2.34. The Kier molecular flexibility index (Phi) is 7.94. The number of carbonyl (C=O) groups is 1. The lowest BCUT2D eigenvalue weighted by Crippen LogP contribution is -2.62. The normalized spacial score (nSPS) is 13.4. The SMILES string of the molecule is COC(c1ccccc1)C(O)(O)NC(O)(O)Cc1ccc(NC(=O)C(O)(O)c2nc(N)sc2O)cc1. The molecule has 11 N–H and O–H groups in total. The molecule has 0 aliphatic rings. The van der Waals surface area contributed by atoms with Gasteiger partial charge in [0.05, 0.1) is 0 Å². The monoisotopic (exact) mass is 522 g/mol. The molecule has 36 heavy (non-hydrogen) atoms. The quantitative estimate of drug-likeness (QED) is 0.145. The number of nitrogens with zero attached hydrogens (tertiary/aromatic N) is 1. The largest absolute Gasteiger partial charge is 0.498 e. The Morgan fingerprint density at radius 3 is 2.19 bits per heavy atom. The number of ether oxygens (including phenoxy) is 1. The van der Waals surface area contributed by atoms with Crippen molar-refractivity contribution in [1.29, 1.82) is 0 Å². The van der Waals surface area contributed by atoms with Gasteiger partial charge in [0.25, 0.3) is 17.6 Å². The molecule has 0 fully saturated rings. The molecule has 3 rings (SSSR count). The number of benzene rings is 2. The lowest BCUT2D eigenvalue weighted by Gasteiger charge is -2.36. The molecule has 0 saturated carbocycles. The molecular formula is C22H26N4O9S. The van der Waals surface area contributed by atoms with Gasteiger partial charge in [-0.1, -0.05) is 53.8 Å². The second-order valence-electron chi connectivity index (χ2n) is 7.90. The van der Waals surface area contributed by atoms with Gasteiger partial charge in [-0.2, -0.15) is 0 Å². The van der Waals surface area contributed by atoms with Gasteiger partial charge in [-0.05, 0) is 23.3 Å². The minimum absolute atomic E-state index is 0.0931. The molecule has 0 aliphatic carbocycles. The van der Waals surface area contributed by atoms with Crippen molar-refractivity contribution in [2.24, 2.45) is 0 Å². The van der Waals surface area contributed by atoms with Gasteiger partial charge in [0, 0.05) is 19.2 Å². The van der Waals surface area contributed by atoms with Gasteiger partial charge in [-0.15, -0.1) is 0 Å². The van der Waals surface area contributed by atoms with Gasteiger partial charge in [0.2, 0.25) is 11.0 Å². The Morgan fingerprint density at radius 1 is 1.06 bits per heavy atom. The zero-order valence-corrected chi connectivity index (χ0v) is 19.7. The molecule has 194 valence electrons. The van der Waals surface area contributed by atoms with Crippen molar-refractivity contribution in [1.82, 2.24) is 10.3 Å². The van der Waals surface area contributed by atoms with Crippen LogP contribution < -0.4 is 16.4 Å². The Hall–Kier alpha value is -3.18. The Labute approximate surface area is 208 Å². The number of rotatable bonds is 10. The number of hydrogen-bond acceptors (Lipinski definition) is 13. The maximum absolute atomic E-state index is 12.3. The van der Waals surface area contributed by atoms with Crippen molar-refractivity contribution in [3.63, 3.8) is 0 Å². The van der Waals surface area contributed by atoms with E-state index in [0.29, 0.717) is 22.5 Å². The lowest BCUT2D eigenvalue weighted by molar-refractivity contribution is -0.320. The van der Waals surface area contributed by atoms with Crippen LogP contribution in [0.4, 0.5) is 10.8 Å². The van der Waals surface area contributed by atoms with Crippen molar-refractivity contribution in [2.45, 2.75) is 30.1 Å². The number of aliphatic hydroxyl groups is 6. The van der Waals surface area contributed by atoms with Crippen LogP contribution in [0, 0.1) is 0 Å². The Morgan fingerprint density at radius 2 is 1.67 bits per heavy atom. The third kappa shape index (κ3) is 6.33. The van der Waals surface area contributed by atoms with E-state index >= 15 is 0 Å². The Balaban J connectivity index is 1.67. The molecule has 3 aromatic rings. The molecule has 0 radical (unpaired) electrons. The molecule has 1 unspecified atom stereocenters. The summed E-state index contributed by atoms with van der Waals surface area (Å²) >= 11 is 0.558. The van der Waals surface area contributed by atoms with Gasteiger partial charge >= 0.3 is 0 Å².